The lowest BCUT2D eigenvalue weighted by Gasteiger charge is -2.23. The smallest absolute Gasteiger partial charge is 0.136 e. The van der Waals surface area contributed by atoms with Gasteiger partial charge < -0.3 is 10.1 Å². The summed E-state index contributed by atoms with van der Waals surface area (Å²) in [5, 5.41) is 3.49. The Bertz CT molecular complexity index is 342. The maximum atomic E-state index is 13.3. The molecule has 0 aromatic heterocycles. The van der Waals surface area contributed by atoms with Crippen LogP contribution in [0.1, 0.15) is 12.8 Å². The minimum Gasteiger partial charge on any atom is -0.381 e. The summed E-state index contributed by atoms with van der Waals surface area (Å²) in [7, 11) is 0. The van der Waals surface area contributed by atoms with Crippen LogP contribution in [0.5, 0.6) is 0 Å². The molecular weight excluding hydrogens is 237 g/mol. The minimum atomic E-state index is -0.122. The summed E-state index contributed by atoms with van der Waals surface area (Å²) in [6.07, 6.45) is 2.18. The maximum absolute atomic E-state index is 13.3. The van der Waals surface area contributed by atoms with Crippen molar-refractivity contribution in [1.29, 1.82) is 0 Å². The van der Waals surface area contributed by atoms with Gasteiger partial charge in [0, 0.05) is 36.4 Å². The first kappa shape index (κ1) is 12.9. The number of benzene rings is 1. The van der Waals surface area contributed by atoms with Gasteiger partial charge in [-0.3, -0.25) is 0 Å². The SMILES string of the molecule is Fc1ccccc1SCCNC1CCOCC1. The van der Waals surface area contributed by atoms with Gasteiger partial charge in [-0.15, -0.1) is 11.8 Å². The summed E-state index contributed by atoms with van der Waals surface area (Å²) in [6.45, 7) is 2.64. The van der Waals surface area contributed by atoms with Gasteiger partial charge in [0.15, 0.2) is 0 Å². The molecule has 1 fully saturated rings. The van der Waals surface area contributed by atoms with Crippen LogP contribution in [0.3, 0.4) is 0 Å². The van der Waals surface area contributed by atoms with Gasteiger partial charge >= 0.3 is 0 Å². The maximum Gasteiger partial charge on any atom is 0.136 e. The van der Waals surface area contributed by atoms with Crippen molar-refractivity contribution < 1.29 is 9.13 Å². The second kappa shape index (κ2) is 6.99. The molecule has 1 aromatic carbocycles. The Balaban J connectivity index is 1.64. The topological polar surface area (TPSA) is 21.3 Å². The van der Waals surface area contributed by atoms with Crippen LogP contribution in [-0.4, -0.2) is 31.6 Å². The van der Waals surface area contributed by atoms with Crippen molar-refractivity contribution in [2.24, 2.45) is 0 Å². The van der Waals surface area contributed by atoms with E-state index in [1.165, 1.54) is 6.07 Å². The summed E-state index contributed by atoms with van der Waals surface area (Å²) in [4.78, 5) is 0.737. The standard InChI is InChI=1S/C13H18FNOS/c14-12-3-1-2-4-13(12)17-10-7-15-11-5-8-16-9-6-11/h1-4,11,15H,5-10H2. The molecular formula is C13H18FNOS. The fraction of sp³-hybridized carbons (Fsp3) is 0.538. The molecule has 4 heteroatoms. The third-order valence-corrected chi connectivity index (χ3v) is 3.90. The first-order valence-electron chi connectivity index (χ1n) is 6.05. The predicted molar refractivity (Wildman–Crippen MR) is 69.0 cm³/mol. The molecule has 2 rings (SSSR count). The third kappa shape index (κ3) is 4.30. The van der Waals surface area contributed by atoms with E-state index in [2.05, 4.69) is 5.32 Å². The van der Waals surface area contributed by atoms with Gasteiger partial charge in [-0.1, -0.05) is 12.1 Å². The van der Waals surface area contributed by atoms with Gasteiger partial charge in [0.05, 0.1) is 0 Å². The molecule has 1 saturated heterocycles. The first-order valence-corrected chi connectivity index (χ1v) is 7.03. The molecule has 1 aliphatic heterocycles. The molecule has 94 valence electrons. The van der Waals surface area contributed by atoms with E-state index in [1.54, 1.807) is 17.8 Å². The average molecular weight is 255 g/mol. The van der Waals surface area contributed by atoms with Crippen LogP contribution in [0.2, 0.25) is 0 Å². The Labute approximate surface area is 106 Å². The number of thioether (sulfide) groups is 1. The number of halogens is 1. The zero-order valence-electron chi connectivity index (χ0n) is 9.82. The lowest BCUT2D eigenvalue weighted by atomic mass is 10.1. The highest BCUT2D eigenvalue weighted by Crippen LogP contribution is 2.20. The highest BCUT2D eigenvalue weighted by Gasteiger charge is 2.12. The molecule has 1 N–H and O–H groups in total. The van der Waals surface area contributed by atoms with Gasteiger partial charge in [0.25, 0.3) is 0 Å². The molecule has 0 spiro atoms. The molecule has 1 aliphatic rings. The molecule has 0 atom stereocenters. The molecule has 0 radical (unpaired) electrons. The van der Waals surface area contributed by atoms with Crippen molar-refractivity contribution in [2.45, 2.75) is 23.8 Å². The quantitative estimate of drug-likeness (QED) is 0.645. The predicted octanol–water partition coefficient (Wildman–Crippen LogP) is 2.69. The minimum absolute atomic E-state index is 0.122. The highest BCUT2D eigenvalue weighted by molar-refractivity contribution is 7.99. The second-order valence-electron chi connectivity index (χ2n) is 4.12. The zero-order chi connectivity index (χ0) is 11.9. The lowest BCUT2D eigenvalue weighted by Crippen LogP contribution is -2.35. The summed E-state index contributed by atoms with van der Waals surface area (Å²) in [5.74, 6) is 0.779. The normalized spacial score (nSPS) is 17.2. The highest BCUT2D eigenvalue weighted by atomic mass is 32.2. The van der Waals surface area contributed by atoms with Crippen LogP contribution in [0.15, 0.2) is 29.2 Å². The summed E-state index contributed by atoms with van der Waals surface area (Å²) >= 11 is 1.57. The number of ether oxygens (including phenoxy) is 1. The van der Waals surface area contributed by atoms with Gasteiger partial charge in [-0.25, -0.2) is 4.39 Å². The van der Waals surface area contributed by atoms with Crippen molar-refractivity contribution >= 4 is 11.8 Å². The Morgan fingerprint density at radius 1 is 1.29 bits per heavy atom. The van der Waals surface area contributed by atoms with Crippen molar-refractivity contribution in [3.63, 3.8) is 0 Å². The molecule has 0 amide bonds. The molecule has 0 saturated carbocycles. The van der Waals surface area contributed by atoms with Crippen molar-refractivity contribution in [3.8, 4) is 0 Å². The van der Waals surface area contributed by atoms with Crippen LogP contribution in [-0.2, 0) is 4.74 Å². The fourth-order valence-electron chi connectivity index (χ4n) is 1.89. The number of hydrogen-bond acceptors (Lipinski definition) is 3. The van der Waals surface area contributed by atoms with Crippen LogP contribution in [0.25, 0.3) is 0 Å². The fourth-order valence-corrected chi connectivity index (χ4v) is 2.71. The molecule has 1 heterocycles. The van der Waals surface area contributed by atoms with Crippen LogP contribution < -0.4 is 5.32 Å². The van der Waals surface area contributed by atoms with Gasteiger partial charge in [0.1, 0.15) is 5.82 Å². The molecule has 2 nitrogen and oxygen atoms in total. The van der Waals surface area contributed by atoms with Crippen LogP contribution in [0.4, 0.5) is 4.39 Å². The number of rotatable bonds is 5. The summed E-state index contributed by atoms with van der Waals surface area (Å²) in [6, 6.07) is 7.50. The average Bonchev–Trinajstić information content (AvgIpc) is 2.38. The number of hydrogen-bond donors (Lipinski definition) is 1. The van der Waals surface area contributed by atoms with Crippen molar-refractivity contribution in [1.82, 2.24) is 5.32 Å². The van der Waals surface area contributed by atoms with E-state index in [9.17, 15) is 4.39 Å². The monoisotopic (exact) mass is 255 g/mol. The van der Waals surface area contributed by atoms with E-state index < -0.39 is 0 Å². The Hall–Kier alpha value is -0.580. The van der Waals surface area contributed by atoms with E-state index >= 15 is 0 Å². The third-order valence-electron chi connectivity index (χ3n) is 2.85. The lowest BCUT2D eigenvalue weighted by molar-refractivity contribution is 0.0786. The Morgan fingerprint density at radius 2 is 2.06 bits per heavy atom. The van der Waals surface area contributed by atoms with Gasteiger partial charge in [-0.2, -0.15) is 0 Å². The molecule has 0 bridgehead atoms. The Morgan fingerprint density at radius 3 is 2.82 bits per heavy atom. The molecule has 17 heavy (non-hydrogen) atoms. The van der Waals surface area contributed by atoms with E-state index in [0.29, 0.717) is 6.04 Å². The first-order chi connectivity index (χ1) is 8.36. The van der Waals surface area contributed by atoms with Crippen molar-refractivity contribution in [2.75, 3.05) is 25.5 Å². The molecule has 1 aromatic rings. The number of nitrogens with one attached hydrogen (secondary N) is 1. The molecule has 0 aliphatic carbocycles. The zero-order valence-corrected chi connectivity index (χ0v) is 10.6. The van der Waals surface area contributed by atoms with E-state index in [0.717, 1.165) is 43.2 Å². The Kier molecular flexibility index (Phi) is 5.29. The van der Waals surface area contributed by atoms with Gasteiger partial charge in [-0.05, 0) is 25.0 Å². The van der Waals surface area contributed by atoms with E-state index in [1.807, 2.05) is 12.1 Å². The van der Waals surface area contributed by atoms with Crippen LogP contribution >= 0.6 is 11.8 Å². The van der Waals surface area contributed by atoms with Crippen molar-refractivity contribution in [3.05, 3.63) is 30.1 Å². The largest absolute Gasteiger partial charge is 0.381 e. The molecule has 0 unspecified atom stereocenters. The summed E-state index contributed by atoms with van der Waals surface area (Å²) < 4.78 is 18.6. The van der Waals surface area contributed by atoms with Gasteiger partial charge in [0.2, 0.25) is 0 Å². The second-order valence-corrected chi connectivity index (χ2v) is 5.26. The summed E-state index contributed by atoms with van der Waals surface area (Å²) in [5.41, 5.74) is 0. The van der Waals surface area contributed by atoms with E-state index in [4.69, 9.17) is 4.74 Å². The van der Waals surface area contributed by atoms with E-state index in [-0.39, 0.29) is 5.82 Å². The van der Waals surface area contributed by atoms with Crippen LogP contribution in [0, 0.1) is 5.82 Å².